The minimum atomic E-state index is -0.288. The van der Waals surface area contributed by atoms with Crippen molar-refractivity contribution in [2.45, 2.75) is 6.54 Å². The van der Waals surface area contributed by atoms with Crippen LogP contribution in [-0.2, 0) is 11.3 Å². The summed E-state index contributed by atoms with van der Waals surface area (Å²) in [5.74, 6) is 0.356. The van der Waals surface area contributed by atoms with Crippen LogP contribution in [0.4, 0.5) is 5.82 Å². The Kier molecular flexibility index (Phi) is 5.14. The molecule has 2 aromatic rings. The Bertz CT molecular complexity index is 599. The van der Waals surface area contributed by atoms with Crippen molar-refractivity contribution in [3.05, 3.63) is 28.8 Å². The van der Waals surface area contributed by atoms with E-state index in [1.165, 1.54) is 12.3 Å². The van der Waals surface area contributed by atoms with E-state index < -0.39 is 0 Å². The van der Waals surface area contributed by atoms with Crippen LogP contribution in [0.3, 0.4) is 0 Å². The normalized spacial score (nSPS) is 10.6. The van der Waals surface area contributed by atoms with Crippen molar-refractivity contribution in [2.24, 2.45) is 0 Å². The quantitative estimate of drug-likeness (QED) is 0.305. The molecule has 0 aliphatic heterocycles. The summed E-state index contributed by atoms with van der Waals surface area (Å²) in [6.45, 7) is 0.855. The molecule has 0 saturated heterocycles. The molecular weight excluding hydrogens is 302 g/mol. The maximum Gasteiger partial charge on any atom is 0.202 e. The zero-order valence-corrected chi connectivity index (χ0v) is 11.9. The SMILES string of the molecule is COCCNc1nonc1C(=N)N(O)Cc1cc(Cl)co1. The van der Waals surface area contributed by atoms with Crippen LogP contribution in [0.25, 0.3) is 0 Å². The topological polar surface area (TPSA) is 121 Å². The number of hydrogen-bond donors (Lipinski definition) is 3. The maximum atomic E-state index is 9.89. The monoisotopic (exact) mass is 315 g/mol. The molecule has 9 nitrogen and oxygen atoms in total. The molecule has 3 N–H and O–H groups in total. The molecule has 0 bridgehead atoms. The fourth-order valence-corrected chi connectivity index (χ4v) is 1.68. The molecule has 2 aromatic heterocycles. The average molecular weight is 316 g/mol. The average Bonchev–Trinajstić information content (AvgIpc) is 3.07. The number of aromatic nitrogens is 2. The lowest BCUT2D eigenvalue weighted by Gasteiger charge is -2.14. The number of nitrogens with one attached hydrogen (secondary N) is 2. The van der Waals surface area contributed by atoms with Gasteiger partial charge in [0, 0.05) is 19.7 Å². The van der Waals surface area contributed by atoms with Gasteiger partial charge in [-0.05, 0) is 10.3 Å². The Morgan fingerprint density at radius 2 is 2.38 bits per heavy atom. The first-order chi connectivity index (χ1) is 10.1. The van der Waals surface area contributed by atoms with Crippen molar-refractivity contribution >= 4 is 23.3 Å². The molecule has 0 spiro atoms. The third kappa shape index (κ3) is 3.94. The molecule has 0 saturated carbocycles. The number of hydroxylamine groups is 2. The van der Waals surface area contributed by atoms with E-state index in [0.29, 0.717) is 29.0 Å². The van der Waals surface area contributed by atoms with E-state index in [1.54, 1.807) is 7.11 Å². The molecule has 21 heavy (non-hydrogen) atoms. The number of halogens is 1. The molecule has 114 valence electrons. The van der Waals surface area contributed by atoms with Crippen molar-refractivity contribution in [1.82, 2.24) is 15.4 Å². The van der Waals surface area contributed by atoms with Gasteiger partial charge in [0.1, 0.15) is 18.6 Å². The van der Waals surface area contributed by atoms with Gasteiger partial charge in [-0.15, -0.1) is 0 Å². The van der Waals surface area contributed by atoms with Crippen molar-refractivity contribution in [1.29, 1.82) is 5.41 Å². The first-order valence-corrected chi connectivity index (χ1v) is 6.33. The molecule has 0 radical (unpaired) electrons. The smallest absolute Gasteiger partial charge is 0.202 e. The standard InChI is InChI=1S/C11H14ClN5O4/c1-19-3-2-14-11-9(15-21-16-11)10(13)17(18)5-8-4-7(12)6-20-8/h4,6,13,18H,2-3,5H2,1H3,(H,14,16). The van der Waals surface area contributed by atoms with E-state index in [4.69, 9.17) is 26.2 Å². The third-order valence-electron chi connectivity index (χ3n) is 2.50. The van der Waals surface area contributed by atoms with E-state index >= 15 is 0 Å². The Morgan fingerprint density at radius 3 is 3.05 bits per heavy atom. The van der Waals surface area contributed by atoms with Crippen LogP contribution in [0.15, 0.2) is 21.4 Å². The number of hydrogen-bond acceptors (Lipinski definition) is 8. The molecule has 0 fully saturated rings. The molecule has 10 heteroatoms. The van der Waals surface area contributed by atoms with Crippen LogP contribution in [0.1, 0.15) is 11.5 Å². The van der Waals surface area contributed by atoms with Crippen LogP contribution in [-0.4, -0.2) is 46.7 Å². The van der Waals surface area contributed by atoms with Gasteiger partial charge in [-0.25, -0.2) is 9.69 Å². The van der Waals surface area contributed by atoms with Gasteiger partial charge in [-0.1, -0.05) is 11.6 Å². The minimum Gasteiger partial charge on any atom is -0.466 e. The van der Waals surface area contributed by atoms with E-state index in [9.17, 15) is 5.21 Å². The summed E-state index contributed by atoms with van der Waals surface area (Å²) in [6, 6.07) is 1.54. The third-order valence-corrected chi connectivity index (χ3v) is 2.70. The van der Waals surface area contributed by atoms with Gasteiger partial charge >= 0.3 is 0 Å². The van der Waals surface area contributed by atoms with Crippen LogP contribution in [0.5, 0.6) is 0 Å². The van der Waals surface area contributed by atoms with Crippen molar-refractivity contribution < 1.29 is 19.0 Å². The van der Waals surface area contributed by atoms with Crippen molar-refractivity contribution in [3.63, 3.8) is 0 Å². The molecule has 0 atom stereocenters. The number of anilines is 1. The summed E-state index contributed by atoms with van der Waals surface area (Å²) < 4.78 is 14.6. The minimum absolute atomic E-state index is 0.0596. The number of amidine groups is 1. The number of nitrogens with zero attached hydrogens (tertiary/aromatic N) is 3. The highest BCUT2D eigenvalue weighted by molar-refractivity contribution is 6.30. The molecule has 2 rings (SSSR count). The van der Waals surface area contributed by atoms with E-state index in [2.05, 4.69) is 20.3 Å². The zero-order chi connectivity index (χ0) is 15.2. The van der Waals surface area contributed by atoms with Gasteiger partial charge in [0.2, 0.25) is 5.82 Å². The Labute approximate surface area is 124 Å². The summed E-state index contributed by atoms with van der Waals surface area (Å²) in [6.07, 6.45) is 1.34. The van der Waals surface area contributed by atoms with Crippen molar-refractivity contribution in [2.75, 3.05) is 25.6 Å². The molecule has 0 aliphatic carbocycles. The van der Waals surface area contributed by atoms with Gasteiger partial charge in [-0.2, -0.15) is 0 Å². The Morgan fingerprint density at radius 1 is 1.57 bits per heavy atom. The summed E-state index contributed by atoms with van der Waals surface area (Å²) in [5.41, 5.74) is 0.0752. The van der Waals surface area contributed by atoms with Crippen LogP contribution >= 0.6 is 11.6 Å². The van der Waals surface area contributed by atoms with Crippen LogP contribution < -0.4 is 5.32 Å². The predicted octanol–water partition coefficient (Wildman–Crippen LogP) is 1.59. The number of rotatable bonds is 7. The fourth-order valence-electron chi connectivity index (χ4n) is 1.52. The maximum absolute atomic E-state index is 9.89. The lowest BCUT2D eigenvalue weighted by molar-refractivity contribution is -0.0282. The largest absolute Gasteiger partial charge is 0.466 e. The molecule has 0 aliphatic rings. The second-order valence-corrected chi connectivity index (χ2v) is 4.45. The second-order valence-electron chi connectivity index (χ2n) is 4.02. The number of ether oxygens (including phenoxy) is 1. The van der Waals surface area contributed by atoms with Gasteiger partial charge in [-0.3, -0.25) is 10.6 Å². The molecule has 0 aromatic carbocycles. The highest BCUT2D eigenvalue weighted by atomic mass is 35.5. The second kappa shape index (κ2) is 7.07. The van der Waals surface area contributed by atoms with E-state index in [1.807, 2.05) is 0 Å². The van der Waals surface area contributed by atoms with Gasteiger partial charge in [0.15, 0.2) is 11.5 Å². The summed E-state index contributed by atoms with van der Waals surface area (Å²) in [4.78, 5) is 0. The first-order valence-electron chi connectivity index (χ1n) is 5.95. The Balaban J connectivity index is 2.00. The highest BCUT2D eigenvalue weighted by Crippen LogP contribution is 2.17. The predicted molar refractivity (Wildman–Crippen MR) is 72.5 cm³/mol. The lowest BCUT2D eigenvalue weighted by atomic mass is 10.3. The fraction of sp³-hybridized carbons (Fsp3) is 0.364. The molecular formula is C11H14ClN5O4. The van der Waals surface area contributed by atoms with Gasteiger partial charge in [0.25, 0.3) is 0 Å². The summed E-state index contributed by atoms with van der Waals surface area (Å²) >= 11 is 5.71. The summed E-state index contributed by atoms with van der Waals surface area (Å²) in [5, 5.41) is 28.9. The molecule has 0 unspecified atom stereocenters. The van der Waals surface area contributed by atoms with E-state index in [0.717, 1.165) is 0 Å². The summed E-state index contributed by atoms with van der Waals surface area (Å²) in [7, 11) is 1.57. The van der Waals surface area contributed by atoms with Gasteiger partial charge < -0.3 is 14.5 Å². The zero-order valence-electron chi connectivity index (χ0n) is 11.2. The van der Waals surface area contributed by atoms with E-state index in [-0.39, 0.29) is 23.9 Å². The van der Waals surface area contributed by atoms with Crippen LogP contribution in [0, 0.1) is 5.41 Å². The van der Waals surface area contributed by atoms with Crippen LogP contribution in [0.2, 0.25) is 5.02 Å². The Hall–Kier alpha value is -2.10. The number of methoxy groups -OCH3 is 1. The highest BCUT2D eigenvalue weighted by Gasteiger charge is 2.20. The molecule has 0 amide bonds. The lowest BCUT2D eigenvalue weighted by Crippen LogP contribution is -2.28. The first kappa shape index (κ1) is 15.3. The van der Waals surface area contributed by atoms with Crippen molar-refractivity contribution in [3.8, 4) is 0 Å². The number of furan rings is 1. The molecule has 2 heterocycles. The van der Waals surface area contributed by atoms with Gasteiger partial charge in [0.05, 0.1) is 11.6 Å².